The molecule has 5 nitrogen and oxygen atoms in total. The lowest BCUT2D eigenvalue weighted by molar-refractivity contribution is 0.146. The summed E-state index contributed by atoms with van der Waals surface area (Å²) in [5, 5.41) is 11.6. The first-order valence-corrected chi connectivity index (χ1v) is 5.98. The van der Waals surface area contributed by atoms with E-state index in [2.05, 4.69) is 5.32 Å². The molecule has 2 atom stereocenters. The lowest BCUT2D eigenvalue weighted by Gasteiger charge is -2.05. The lowest BCUT2D eigenvalue weighted by Crippen LogP contribution is -2.25. The van der Waals surface area contributed by atoms with Gasteiger partial charge in [-0.2, -0.15) is 0 Å². The van der Waals surface area contributed by atoms with Gasteiger partial charge in [0.2, 0.25) is 0 Å². The number of alkyl carbamates (subject to hydrolysis) is 1. The highest BCUT2D eigenvalue weighted by atomic mass is 16.7. The van der Waals surface area contributed by atoms with Crippen molar-refractivity contribution in [3.63, 3.8) is 0 Å². The van der Waals surface area contributed by atoms with Crippen LogP contribution in [0.1, 0.15) is 39.0 Å². The molecule has 0 aromatic heterocycles. The zero-order chi connectivity index (χ0) is 11.8. The molecule has 1 aliphatic heterocycles. The van der Waals surface area contributed by atoms with Crippen molar-refractivity contribution in [2.75, 3.05) is 13.2 Å². The summed E-state index contributed by atoms with van der Waals surface area (Å²) in [4.78, 5) is 11.0. The largest absolute Gasteiger partial charge is 0.450 e. The van der Waals surface area contributed by atoms with Gasteiger partial charge in [-0.1, -0.05) is 19.8 Å². The molecule has 16 heavy (non-hydrogen) atoms. The summed E-state index contributed by atoms with van der Waals surface area (Å²) in [5.41, 5.74) is 0. The third-order valence-corrected chi connectivity index (χ3v) is 2.43. The van der Waals surface area contributed by atoms with Crippen LogP contribution < -0.4 is 5.32 Å². The molecule has 1 fully saturated rings. The van der Waals surface area contributed by atoms with E-state index < -0.39 is 6.29 Å². The minimum atomic E-state index is -0.526. The molecule has 2 unspecified atom stereocenters. The predicted molar refractivity (Wildman–Crippen MR) is 59.0 cm³/mol. The SMILES string of the molecule is CCCOC(=O)NCCCCCC1OC1O. The van der Waals surface area contributed by atoms with E-state index in [9.17, 15) is 4.79 Å². The number of hydrogen-bond acceptors (Lipinski definition) is 4. The topological polar surface area (TPSA) is 71.1 Å². The summed E-state index contributed by atoms with van der Waals surface area (Å²) in [7, 11) is 0. The second-order valence-corrected chi connectivity index (χ2v) is 3.98. The normalized spacial score (nSPS) is 22.9. The Hall–Kier alpha value is -0.810. The van der Waals surface area contributed by atoms with Gasteiger partial charge in [0, 0.05) is 6.54 Å². The summed E-state index contributed by atoms with van der Waals surface area (Å²) in [6, 6.07) is 0. The molecule has 2 N–H and O–H groups in total. The van der Waals surface area contributed by atoms with E-state index in [0.717, 1.165) is 32.1 Å². The molecule has 5 heteroatoms. The summed E-state index contributed by atoms with van der Waals surface area (Å²) in [6.07, 6.45) is 3.93. The van der Waals surface area contributed by atoms with Gasteiger partial charge >= 0.3 is 6.09 Å². The highest BCUT2D eigenvalue weighted by molar-refractivity contribution is 5.66. The zero-order valence-electron chi connectivity index (χ0n) is 9.78. The Morgan fingerprint density at radius 1 is 1.44 bits per heavy atom. The van der Waals surface area contributed by atoms with Crippen LogP contribution in [-0.2, 0) is 9.47 Å². The van der Waals surface area contributed by atoms with Gasteiger partial charge in [-0.25, -0.2) is 4.79 Å². The second-order valence-electron chi connectivity index (χ2n) is 3.98. The van der Waals surface area contributed by atoms with Crippen molar-refractivity contribution in [3.05, 3.63) is 0 Å². The molecule has 1 heterocycles. The van der Waals surface area contributed by atoms with Crippen LogP contribution in [0.3, 0.4) is 0 Å². The van der Waals surface area contributed by atoms with Crippen LogP contribution in [0.25, 0.3) is 0 Å². The molecule has 1 rings (SSSR count). The van der Waals surface area contributed by atoms with E-state index in [0.29, 0.717) is 13.2 Å². The summed E-state index contributed by atoms with van der Waals surface area (Å²) < 4.78 is 9.73. The zero-order valence-corrected chi connectivity index (χ0v) is 9.78. The van der Waals surface area contributed by atoms with Gasteiger partial charge < -0.3 is 19.9 Å². The number of carbonyl (C=O) groups excluding carboxylic acids is 1. The number of hydrogen-bond donors (Lipinski definition) is 2. The predicted octanol–water partition coefficient (Wildman–Crippen LogP) is 1.40. The molecule has 0 radical (unpaired) electrons. The van der Waals surface area contributed by atoms with Crippen LogP contribution in [0.5, 0.6) is 0 Å². The molecule has 94 valence electrons. The smallest absolute Gasteiger partial charge is 0.407 e. The van der Waals surface area contributed by atoms with E-state index in [1.165, 1.54) is 0 Å². The number of aliphatic hydroxyl groups is 1. The third kappa shape index (κ3) is 5.92. The molecule has 0 aliphatic carbocycles. The van der Waals surface area contributed by atoms with Crippen LogP contribution in [0.4, 0.5) is 4.79 Å². The van der Waals surface area contributed by atoms with Gasteiger partial charge in [-0.3, -0.25) is 0 Å². The van der Waals surface area contributed by atoms with Crippen molar-refractivity contribution in [3.8, 4) is 0 Å². The minimum Gasteiger partial charge on any atom is -0.450 e. The van der Waals surface area contributed by atoms with Crippen molar-refractivity contribution in [1.29, 1.82) is 0 Å². The average Bonchev–Trinajstić information content (AvgIpc) is 2.96. The number of epoxide rings is 1. The number of carbonyl (C=O) groups is 1. The highest BCUT2D eigenvalue weighted by Gasteiger charge is 2.35. The molecular weight excluding hydrogens is 210 g/mol. The van der Waals surface area contributed by atoms with E-state index in [1.807, 2.05) is 6.92 Å². The molecule has 0 bridgehead atoms. The van der Waals surface area contributed by atoms with E-state index in [-0.39, 0.29) is 12.2 Å². The van der Waals surface area contributed by atoms with Crippen LogP contribution >= 0.6 is 0 Å². The fraction of sp³-hybridized carbons (Fsp3) is 0.909. The van der Waals surface area contributed by atoms with Crippen LogP contribution in [0.15, 0.2) is 0 Å². The molecule has 1 amide bonds. The summed E-state index contributed by atoms with van der Waals surface area (Å²) in [6.45, 7) is 3.08. The summed E-state index contributed by atoms with van der Waals surface area (Å²) in [5.74, 6) is 0. The number of unbranched alkanes of at least 4 members (excludes halogenated alkanes) is 2. The fourth-order valence-corrected chi connectivity index (χ4v) is 1.43. The number of aliphatic hydroxyl groups excluding tert-OH is 1. The Balaban J connectivity index is 1.78. The van der Waals surface area contributed by atoms with Crippen LogP contribution in [0, 0.1) is 0 Å². The molecule has 0 aromatic carbocycles. The van der Waals surface area contributed by atoms with Gasteiger partial charge in [-0.05, 0) is 19.3 Å². The molecule has 1 saturated heterocycles. The Labute approximate surface area is 96.1 Å². The Morgan fingerprint density at radius 3 is 2.81 bits per heavy atom. The van der Waals surface area contributed by atoms with Crippen LogP contribution in [-0.4, -0.2) is 36.7 Å². The maximum absolute atomic E-state index is 11.0. The van der Waals surface area contributed by atoms with Gasteiger partial charge in [0.1, 0.15) is 6.10 Å². The lowest BCUT2D eigenvalue weighted by atomic mass is 10.1. The van der Waals surface area contributed by atoms with Crippen molar-refractivity contribution in [2.45, 2.75) is 51.4 Å². The first-order chi connectivity index (χ1) is 7.74. The molecule has 0 saturated carbocycles. The monoisotopic (exact) mass is 231 g/mol. The van der Waals surface area contributed by atoms with Gasteiger partial charge in [-0.15, -0.1) is 0 Å². The van der Waals surface area contributed by atoms with E-state index >= 15 is 0 Å². The maximum atomic E-state index is 11.0. The Kier molecular flexibility index (Phi) is 6.18. The maximum Gasteiger partial charge on any atom is 0.407 e. The number of rotatable bonds is 8. The second kappa shape index (κ2) is 7.46. The molecular formula is C11H21NO4. The Morgan fingerprint density at radius 2 is 2.19 bits per heavy atom. The van der Waals surface area contributed by atoms with E-state index in [1.54, 1.807) is 0 Å². The fourth-order valence-electron chi connectivity index (χ4n) is 1.43. The number of nitrogens with one attached hydrogen (secondary N) is 1. The highest BCUT2D eigenvalue weighted by Crippen LogP contribution is 2.24. The molecule has 1 aliphatic rings. The number of ether oxygens (including phenoxy) is 2. The van der Waals surface area contributed by atoms with Crippen molar-refractivity contribution in [1.82, 2.24) is 5.32 Å². The number of amides is 1. The third-order valence-electron chi connectivity index (χ3n) is 2.43. The van der Waals surface area contributed by atoms with Crippen LogP contribution in [0.2, 0.25) is 0 Å². The van der Waals surface area contributed by atoms with Gasteiger partial charge in [0.15, 0.2) is 6.29 Å². The molecule has 0 spiro atoms. The quantitative estimate of drug-likeness (QED) is 0.489. The Bertz CT molecular complexity index is 210. The standard InChI is InChI=1S/C11H21NO4/c1-2-8-15-11(14)12-7-5-3-4-6-9-10(13)16-9/h9-10,13H,2-8H2,1H3,(H,12,14). The van der Waals surface area contributed by atoms with Gasteiger partial charge in [0.25, 0.3) is 0 Å². The minimum absolute atomic E-state index is 0.0579. The van der Waals surface area contributed by atoms with Crippen molar-refractivity contribution >= 4 is 6.09 Å². The summed E-state index contributed by atoms with van der Waals surface area (Å²) >= 11 is 0. The first-order valence-electron chi connectivity index (χ1n) is 5.98. The first kappa shape index (κ1) is 13.3. The average molecular weight is 231 g/mol. The van der Waals surface area contributed by atoms with E-state index in [4.69, 9.17) is 14.6 Å². The van der Waals surface area contributed by atoms with Crippen molar-refractivity contribution < 1.29 is 19.4 Å². The van der Waals surface area contributed by atoms with Gasteiger partial charge in [0.05, 0.1) is 6.61 Å². The van der Waals surface area contributed by atoms with Crippen molar-refractivity contribution in [2.24, 2.45) is 0 Å². The molecule has 0 aromatic rings.